The minimum absolute atomic E-state index is 0.0417. The summed E-state index contributed by atoms with van der Waals surface area (Å²) in [5.74, 6) is -2.04. The number of rotatable bonds is 3. The van der Waals surface area contributed by atoms with Crippen LogP contribution >= 0.6 is 0 Å². The molecule has 0 unspecified atom stereocenters. The summed E-state index contributed by atoms with van der Waals surface area (Å²) >= 11 is 0. The molecule has 1 aliphatic carbocycles. The molecular weight excluding hydrogens is 310 g/mol. The van der Waals surface area contributed by atoms with Crippen molar-refractivity contribution in [2.45, 2.75) is 39.2 Å². The van der Waals surface area contributed by atoms with Gasteiger partial charge in [-0.2, -0.15) is 0 Å². The van der Waals surface area contributed by atoms with E-state index in [9.17, 15) is 14.4 Å². The summed E-state index contributed by atoms with van der Waals surface area (Å²) in [6.45, 7) is 3.95. The van der Waals surface area contributed by atoms with Gasteiger partial charge in [-0.1, -0.05) is 12.1 Å². The topological polar surface area (TPSA) is 100 Å². The zero-order chi connectivity index (χ0) is 17.3. The van der Waals surface area contributed by atoms with Crippen molar-refractivity contribution in [3.8, 4) is 0 Å². The number of fused-ring (bicyclic) bond motifs is 1. The Bertz CT molecular complexity index is 821. The van der Waals surface area contributed by atoms with Crippen molar-refractivity contribution in [1.82, 2.24) is 16.2 Å². The number of furan rings is 1. The average molecular weight is 329 g/mol. The SMILES string of the molecule is Cc1ccc2c(CC(=O)NNC(=O)C(=O)NC3CC3)coc2c1C. The summed E-state index contributed by atoms with van der Waals surface area (Å²) in [6.07, 6.45) is 3.36. The molecule has 0 radical (unpaired) electrons. The van der Waals surface area contributed by atoms with E-state index >= 15 is 0 Å². The number of hydrogen-bond donors (Lipinski definition) is 3. The molecule has 1 aromatic heterocycles. The monoisotopic (exact) mass is 329 g/mol. The number of benzene rings is 1. The largest absolute Gasteiger partial charge is 0.464 e. The number of aryl methyl sites for hydroxylation is 2. The van der Waals surface area contributed by atoms with Crippen LogP contribution in [0.1, 0.15) is 29.5 Å². The van der Waals surface area contributed by atoms with E-state index in [4.69, 9.17) is 4.42 Å². The Kier molecular flexibility index (Phi) is 4.24. The lowest BCUT2D eigenvalue weighted by Gasteiger charge is -2.07. The summed E-state index contributed by atoms with van der Waals surface area (Å²) in [5, 5.41) is 3.41. The predicted molar refractivity (Wildman–Crippen MR) is 86.8 cm³/mol. The second-order valence-corrected chi connectivity index (χ2v) is 6.07. The summed E-state index contributed by atoms with van der Waals surface area (Å²) in [4.78, 5) is 35.0. The third-order valence-electron chi connectivity index (χ3n) is 4.13. The van der Waals surface area contributed by atoms with Gasteiger partial charge in [-0.3, -0.25) is 25.2 Å². The molecule has 0 aliphatic heterocycles. The van der Waals surface area contributed by atoms with Crippen molar-refractivity contribution < 1.29 is 18.8 Å². The van der Waals surface area contributed by atoms with Gasteiger partial charge in [0.15, 0.2) is 0 Å². The Morgan fingerprint density at radius 3 is 2.58 bits per heavy atom. The summed E-state index contributed by atoms with van der Waals surface area (Å²) in [6, 6.07) is 3.97. The number of amides is 3. The predicted octanol–water partition coefficient (Wildman–Crippen LogP) is 1.02. The minimum atomic E-state index is -0.876. The second kappa shape index (κ2) is 6.35. The maximum absolute atomic E-state index is 12.0. The van der Waals surface area contributed by atoms with Crippen LogP contribution in [0.2, 0.25) is 0 Å². The van der Waals surface area contributed by atoms with Gasteiger partial charge in [0.2, 0.25) is 5.91 Å². The molecular formula is C17H19N3O4. The lowest BCUT2D eigenvalue weighted by atomic mass is 10.0. The highest BCUT2D eigenvalue weighted by Crippen LogP contribution is 2.26. The van der Waals surface area contributed by atoms with Crippen LogP contribution in [-0.4, -0.2) is 23.8 Å². The molecule has 24 heavy (non-hydrogen) atoms. The van der Waals surface area contributed by atoms with Crippen LogP contribution in [-0.2, 0) is 20.8 Å². The molecule has 1 fully saturated rings. The Morgan fingerprint density at radius 1 is 1.12 bits per heavy atom. The van der Waals surface area contributed by atoms with Gasteiger partial charge in [0, 0.05) is 17.0 Å². The molecule has 3 amide bonds. The molecule has 1 aromatic carbocycles. The molecule has 7 heteroatoms. The van der Waals surface area contributed by atoms with E-state index in [1.807, 2.05) is 26.0 Å². The van der Waals surface area contributed by atoms with Gasteiger partial charge < -0.3 is 9.73 Å². The molecule has 0 saturated heterocycles. The van der Waals surface area contributed by atoms with Crippen molar-refractivity contribution in [1.29, 1.82) is 0 Å². The van der Waals surface area contributed by atoms with Gasteiger partial charge in [-0.05, 0) is 37.8 Å². The highest BCUT2D eigenvalue weighted by molar-refractivity contribution is 6.35. The molecule has 1 saturated carbocycles. The number of nitrogens with one attached hydrogen (secondary N) is 3. The summed E-state index contributed by atoms with van der Waals surface area (Å²) in [7, 11) is 0. The van der Waals surface area contributed by atoms with Gasteiger partial charge in [0.25, 0.3) is 0 Å². The molecule has 3 N–H and O–H groups in total. The second-order valence-electron chi connectivity index (χ2n) is 6.07. The minimum Gasteiger partial charge on any atom is -0.464 e. The smallest absolute Gasteiger partial charge is 0.327 e. The molecule has 1 aliphatic rings. The molecule has 1 heterocycles. The van der Waals surface area contributed by atoms with Gasteiger partial charge in [0.1, 0.15) is 5.58 Å². The van der Waals surface area contributed by atoms with E-state index in [0.29, 0.717) is 0 Å². The summed E-state index contributed by atoms with van der Waals surface area (Å²) in [5.41, 5.74) is 7.98. The first-order chi connectivity index (χ1) is 11.5. The maximum atomic E-state index is 12.0. The first kappa shape index (κ1) is 16.0. The van der Waals surface area contributed by atoms with E-state index in [0.717, 1.165) is 40.5 Å². The first-order valence-corrected chi connectivity index (χ1v) is 7.81. The van der Waals surface area contributed by atoms with Gasteiger partial charge in [-0.25, -0.2) is 0 Å². The molecule has 2 aromatic rings. The molecule has 7 nitrogen and oxygen atoms in total. The highest BCUT2D eigenvalue weighted by Gasteiger charge is 2.26. The van der Waals surface area contributed by atoms with Gasteiger partial charge in [-0.15, -0.1) is 0 Å². The van der Waals surface area contributed by atoms with Crippen molar-refractivity contribution in [2.24, 2.45) is 0 Å². The van der Waals surface area contributed by atoms with E-state index in [1.54, 1.807) is 0 Å². The molecule has 3 rings (SSSR count). The first-order valence-electron chi connectivity index (χ1n) is 7.81. The van der Waals surface area contributed by atoms with Gasteiger partial charge in [0.05, 0.1) is 12.7 Å². The van der Waals surface area contributed by atoms with Crippen LogP contribution in [0, 0.1) is 13.8 Å². The average Bonchev–Trinajstić information content (AvgIpc) is 3.28. The van der Waals surface area contributed by atoms with E-state index < -0.39 is 17.7 Å². The lowest BCUT2D eigenvalue weighted by molar-refractivity contribution is -0.140. The third kappa shape index (κ3) is 3.40. The number of carbonyl (C=O) groups excluding carboxylic acids is 3. The highest BCUT2D eigenvalue weighted by atomic mass is 16.3. The molecule has 0 spiro atoms. The standard InChI is InChI=1S/C17H19N3O4/c1-9-3-6-13-11(8-24-15(13)10(9)2)7-14(21)19-20-17(23)16(22)18-12-4-5-12/h3,6,8,12H,4-5,7H2,1-2H3,(H,18,22)(H,19,21)(H,20,23). The third-order valence-corrected chi connectivity index (χ3v) is 4.13. The van der Waals surface area contributed by atoms with Crippen molar-refractivity contribution >= 4 is 28.7 Å². The summed E-state index contributed by atoms with van der Waals surface area (Å²) < 4.78 is 5.54. The Morgan fingerprint density at radius 2 is 1.88 bits per heavy atom. The number of carbonyl (C=O) groups is 3. The number of hydrogen-bond acceptors (Lipinski definition) is 4. The van der Waals surface area contributed by atoms with Crippen molar-refractivity contribution in [3.63, 3.8) is 0 Å². The van der Waals surface area contributed by atoms with Crippen LogP contribution in [0.15, 0.2) is 22.8 Å². The Balaban J connectivity index is 1.58. The fourth-order valence-corrected chi connectivity index (χ4v) is 2.40. The fourth-order valence-electron chi connectivity index (χ4n) is 2.40. The van der Waals surface area contributed by atoms with Crippen LogP contribution in [0.5, 0.6) is 0 Å². The lowest BCUT2D eigenvalue weighted by Crippen LogP contribution is -2.49. The molecule has 0 atom stereocenters. The Hall–Kier alpha value is -2.83. The van der Waals surface area contributed by atoms with Crippen LogP contribution in [0.4, 0.5) is 0 Å². The van der Waals surface area contributed by atoms with Gasteiger partial charge >= 0.3 is 11.8 Å². The normalized spacial score (nSPS) is 13.6. The van der Waals surface area contributed by atoms with E-state index in [1.165, 1.54) is 6.26 Å². The zero-order valence-corrected chi connectivity index (χ0v) is 13.6. The zero-order valence-electron chi connectivity index (χ0n) is 13.6. The van der Waals surface area contributed by atoms with E-state index in [2.05, 4.69) is 16.2 Å². The van der Waals surface area contributed by atoms with Crippen LogP contribution in [0.3, 0.4) is 0 Å². The fraction of sp³-hybridized carbons (Fsp3) is 0.353. The quantitative estimate of drug-likeness (QED) is 0.578. The molecule has 0 bridgehead atoms. The van der Waals surface area contributed by atoms with Crippen LogP contribution in [0.25, 0.3) is 11.0 Å². The maximum Gasteiger partial charge on any atom is 0.327 e. The Labute approximate surface area is 138 Å². The molecule has 126 valence electrons. The van der Waals surface area contributed by atoms with Crippen molar-refractivity contribution in [3.05, 3.63) is 35.1 Å². The van der Waals surface area contributed by atoms with Crippen molar-refractivity contribution in [2.75, 3.05) is 0 Å². The van der Waals surface area contributed by atoms with E-state index in [-0.39, 0.29) is 12.5 Å². The number of hydrazine groups is 1. The van der Waals surface area contributed by atoms with Crippen LogP contribution < -0.4 is 16.2 Å².